The number of nitrogens with zero attached hydrogens (tertiary/aromatic N) is 1. The molecule has 134 valence electrons. The third-order valence-electron chi connectivity index (χ3n) is 5.37. The van der Waals surface area contributed by atoms with Crippen molar-refractivity contribution in [2.75, 3.05) is 13.1 Å². The first-order valence-electron chi connectivity index (χ1n) is 8.62. The van der Waals surface area contributed by atoms with Crippen molar-refractivity contribution in [3.05, 3.63) is 35.4 Å². The van der Waals surface area contributed by atoms with E-state index in [9.17, 15) is 14.4 Å². The van der Waals surface area contributed by atoms with Crippen LogP contribution in [0.1, 0.15) is 42.6 Å². The van der Waals surface area contributed by atoms with Crippen molar-refractivity contribution >= 4 is 17.8 Å². The van der Waals surface area contributed by atoms with E-state index in [1.807, 2.05) is 4.90 Å². The van der Waals surface area contributed by atoms with Gasteiger partial charge in [0.05, 0.1) is 0 Å². The first kappa shape index (κ1) is 17.4. The third-order valence-corrected chi connectivity index (χ3v) is 5.37. The van der Waals surface area contributed by atoms with Gasteiger partial charge >= 0.3 is 6.03 Å². The van der Waals surface area contributed by atoms with E-state index in [-0.39, 0.29) is 11.9 Å². The molecule has 0 radical (unpaired) electrons. The Labute approximate surface area is 146 Å². The lowest BCUT2D eigenvalue weighted by Gasteiger charge is -2.39. The minimum absolute atomic E-state index is 0.0430. The lowest BCUT2D eigenvalue weighted by Crippen LogP contribution is -2.51. The summed E-state index contributed by atoms with van der Waals surface area (Å²) in [6.07, 6.45) is 2.06. The zero-order chi connectivity index (χ0) is 18.2. The number of urea groups is 1. The molecule has 3 atom stereocenters. The van der Waals surface area contributed by atoms with E-state index in [4.69, 9.17) is 5.73 Å². The number of piperidine rings is 1. The normalized spacial score (nSPS) is 29.3. The van der Waals surface area contributed by atoms with Crippen LogP contribution in [0.15, 0.2) is 24.3 Å². The fourth-order valence-corrected chi connectivity index (χ4v) is 3.72. The maximum absolute atomic E-state index is 12.9. The minimum atomic E-state index is -1.11. The first-order valence-corrected chi connectivity index (χ1v) is 8.62. The molecule has 2 aliphatic heterocycles. The van der Waals surface area contributed by atoms with Crippen LogP contribution in [0, 0.1) is 5.92 Å². The summed E-state index contributed by atoms with van der Waals surface area (Å²) in [5.41, 5.74) is 5.95. The van der Waals surface area contributed by atoms with Crippen LogP contribution >= 0.6 is 0 Å². The molecule has 2 saturated heterocycles. The number of rotatable bonds is 3. The van der Waals surface area contributed by atoms with Crippen LogP contribution in [-0.2, 0) is 10.3 Å². The van der Waals surface area contributed by atoms with Gasteiger partial charge in [-0.1, -0.05) is 19.1 Å². The zero-order valence-corrected chi connectivity index (χ0v) is 14.5. The fraction of sp³-hybridized carbons (Fsp3) is 0.500. The van der Waals surface area contributed by atoms with Crippen molar-refractivity contribution in [1.29, 1.82) is 0 Å². The summed E-state index contributed by atoms with van der Waals surface area (Å²) in [7, 11) is 0. The Morgan fingerprint density at radius 2 is 2.00 bits per heavy atom. The molecule has 0 spiro atoms. The van der Waals surface area contributed by atoms with Crippen LogP contribution < -0.4 is 16.4 Å². The molecule has 3 rings (SSSR count). The van der Waals surface area contributed by atoms with E-state index in [1.54, 1.807) is 31.2 Å². The number of likely N-dealkylation sites (tertiary alicyclic amines) is 1. The van der Waals surface area contributed by atoms with Crippen molar-refractivity contribution in [3.63, 3.8) is 0 Å². The SMILES string of the molecule is C[C@@H]1CCCN(C(=O)c2ccc([C@]3(C)NC(=O)NC3=O)cc2)[C@@H]1CN. The van der Waals surface area contributed by atoms with Crippen LogP contribution in [0.5, 0.6) is 0 Å². The second-order valence-electron chi connectivity index (χ2n) is 7.03. The smallest absolute Gasteiger partial charge is 0.322 e. The third kappa shape index (κ3) is 3.00. The fourth-order valence-electron chi connectivity index (χ4n) is 3.72. The molecule has 2 fully saturated rings. The van der Waals surface area contributed by atoms with Crippen molar-refractivity contribution in [1.82, 2.24) is 15.5 Å². The lowest BCUT2D eigenvalue weighted by atomic mass is 9.89. The van der Waals surface area contributed by atoms with Gasteiger partial charge in [0.15, 0.2) is 0 Å². The Morgan fingerprint density at radius 1 is 1.32 bits per heavy atom. The molecule has 0 aromatic heterocycles. The average molecular weight is 344 g/mol. The van der Waals surface area contributed by atoms with Gasteiger partial charge in [-0.15, -0.1) is 0 Å². The molecule has 2 aliphatic rings. The minimum Gasteiger partial charge on any atom is -0.334 e. The molecule has 25 heavy (non-hydrogen) atoms. The Kier molecular flexibility index (Phi) is 4.51. The molecular weight excluding hydrogens is 320 g/mol. The monoisotopic (exact) mass is 344 g/mol. The van der Waals surface area contributed by atoms with Gasteiger partial charge in [-0.05, 0) is 43.4 Å². The van der Waals surface area contributed by atoms with E-state index in [1.165, 1.54) is 0 Å². The Balaban J connectivity index is 1.81. The van der Waals surface area contributed by atoms with Crippen molar-refractivity contribution in [3.8, 4) is 0 Å². The van der Waals surface area contributed by atoms with Crippen LogP contribution in [0.2, 0.25) is 0 Å². The number of carbonyl (C=O) groups excluding carboxylic acids is 3. The van der Waals surface area contributed by atoms with E-state index in [0.29, 0.717) is 30.1 Å². The molecule has 4 amide bonds. The number of benzene rings is 1. The predicted octanol–water partition coefficient (Wildman–Crippen LogP) is 0.941. The molecule has 1 aromatic rings. The van der Waals surface area contributed by atoms with Crippen molar-refractivity contribution in [2.45, 2.75) is 38.3 Å². The number of nitrogens with one attached hydrogen (secondary N) is 2. The summed E-state index contributed by atoms with van der Waals surface area (Å²) in [5.74, 6) is -0.0541. The molecule has 0 unspecified atom stereocenters. The van der Waals surface area contributed by atoms with Gasteiger partial charge in [0, 0.05) is 24.7 Å². The van der Waals surface area contributed by atoms with Crippen LogP contribution in [0.25, 0.3) is 0 Å². The molecule has 2 heterocycles. The van der Waals surface area contributed by atoms with E-state index >= 15 is 0 Å². The quantitative estimate of drug-likeness (QED) is 0.710. The summed E-state index contributed by atoms with van der Waals surface area (Å²) in [5, 5.41) is 4.85. The molecule has 0 bridgehead atoms. The van der Waals surface area contributed by atoms with E-state index in [0.717, 1.165) is 12.8 Å². The standard InChI is InChI=1S/C18H24N4O3/c1-11-4-3-9-22(14(11)10-19)15(23)12-5-7-13(8-6-12)18(2)16(24)20-17(25)21-18/h5-8,11,14H,3-4,9-10,19H2,1-2H3,(H2,20,21,24,25)/t11-,14-,18+/m1/s1. The lowest BCUT2D eigenvalue weighted by molar-refractivity contribution is -0.123. The predicted molar refractivity (Wildman–Crippen MR) is 92.7 cm³/mol. The molecule has 7 nitrogen and oxygen atoms in total. The van der Waals surface area contributed by atoms with Crippen molar-refractivity contribution < 1.29 is 14.4 Å². The first-order chi connectivity index (χ1) is 11.9. The topological polar surface area (TPSA) is 105 Å². The summed E-state index contributed by atoms with van der Waals surface area (Å²) < 4.78 is 0. The Morgan fingerprint density at radius 3 is 2.56 bits per heavy atom. The molecular formula is C18H24N4O3. The Hall–Kier alpha value is -2.41. The van der Waals surface area contributed by atoms with Crippen LogP contribution in [-0.4, -0.2) is 41.9 Å². The van der Waals surface area contributed by atoms with Crippen LogP contribution in [0.3, 0.4) is 0 Å². The maximum Gasteiger partial charge on any atom is 0.322 e. The average Bonchev–Trinajstić information content (AvgIpc) is 2.87. The number of nitrogens with two attached hydrogens (primary N) is 1. The van der Waals surface area contributed by atoms with Gasteiger partial charge in [0.25, 0.3) is 11.8 Å². The number of amides is 4. The highest BCUT2D eigenvalue weighted by molar-refractivity contribution is 6.07. The second-order valence-corrected chi connectivity index (χ2v) is 7.03. The zero-order valence-electron chi connectivity index (χ0n) is 14.5. The Bertz CT molecular complexity index is 703. The highest BCUT2D eigenvalue weighted by Crippen LogP contribution is 2.27. The van der Waals surface area contributed by atoms with Crippen molar-refractivity contribution in [2.24, 2.45) is 11.7 Å². The summed E-state index contributed by atoms with van der Waals surface area (Å²) >= 11 is 0. The molecule has 0 saturated carbocycles. The maximum atomic E-state index is 12.9. The van der Waals surface area contributed by atoms with Gasteiger partial charge in [-0.3, -0.25) is 14.9 Å². The van der Waals surface area contributed by atoms with E-state index < -0.39 is 17.5 Å². The highest BCUT2D eigenvalue weighted by Gasteiger charge is 2.43. The number of hydrogen-bond acceptors (Lipinski definition) is 4. The number of hydrogen-bond donors (Lipinski definition) is 3. The molecule has 0 aliphatic carbocycles. The van der Waals surface area contributed by atoms with Gasteiger partial charge in [-0.2, -0.15) is 0 Å². The summed E-state index contributed by atoms with van der Waals surface area (Å²) in [6.45, 7) is 4.93. The molecule has 7 heteroatoms. The van der Waals surface area contributed by atoms with Gasteiger partial charge in [0.2, 0.25) is 0 Å². The second kappa shape index (κ2) is 6.48. The van der Waals surface area contributed by atoms with Gasteiger partial charge in [0.1, 0.15) is 5.54 Å². The highest BCUT2D eigenvalue weighted by atomic mass is 16.2. The van der Waals surface area contributed by atoms with Gasteiger partial charge < -0.3 is 16.0 Å². The summed E-state index contributed by atoms with van der Waals surface area (Å²) in [4.78, 5) is 38.1. The summed E-state index contributed by atoms with van der Waals surface area (Å²) in [6, 6.07) is 6.37. The number of carbonyl (C=O) groups is 3. The molecule has 4 N–H and O–H groups in total. The van der Waals surface area contributed by atoms with E-state index in [2.05, 4.69) is 17.6 Å². The van der Waals surface area contributed by atoms with Crippen LogP contribution in [0.4, 0.5) is 4.79 Å². The largest absolute Gasteiger partial charge is 0.334 e. The number of imide groups is 1. The van der Waals surface area contributed by atoms with Gasteiger partial charge in [-0.25, -0.2) is 4.79 Å². The molecule has 1 aromatic carbocycles.